The Hall–Kier alpha value is -1.24. The Kier molecular flexibility index (Phi) is 5.90. The highest BCUT2D eigenvalue weighted by Gasteiger charge is 2.24. The van der Waals surface area contributed by atoms with Crippen LogP contribution in [0.25, 0.3) is 0 Å². The Morgan fingerprint density at radius 3 is 2.00 bits per heavy atom. The van der Waals surface area contributed by atoms with Gasteiger partial charge in [-0.1, -0.05) is 0 Å². The summed E-state index contributed by atoms with van der Waals surface area (Å²) >= 11 is 5.60. The van der Waals surface area contributed by atoms with Crippen LogP contribution >= 0.6 is 11.6 Å². The van der Waals surface area contributed by atoms with E-state index in [-0.39, 0.29) is 18.8 Å². The third kappa shape index (κ3) is 4.91. The number of sulfonamides is 1. The van der Waals surface area contributed by atoms with Crippen molar-refractivity contribution in [2.75, 3.05) is 11.6 Å². The Bertz CT molecular complexity index is 571. The third-order valence-corrected chi connectivity index (χ3v) is 5.12. The van der Waals surface area contributed by atoms with E-state index in [9.17, 15) is 8.42 Å². The van der Waals surface area contributed by atoms with Gasteiger partial charge in [0.2, 0.25) is 10.0 Å². The molecule has 21 heavy (non-hydrogen) atoms. The molecule has 0 saturated heterocycles. The van der Waals surface area contributed by atoms with Gasteiger partial charge in [0.25, 0.3) is 0 Å². The summed E-state index contributed by atoms with van der Waals surface area (Å²) in [6.07, 6.45) is 4.27. The smallest absolute Gasteiger partial charge is 0.214 e. The van der Waals surface area contributed by atoms with E-state index in [0.29, 0.717) is 30.2 Å². The molecule has 116 valence electrons. The maximum Gasteiger partial charge on any atom is 0.214 e. The molecule has 2 rings (SSSR count). The van der Waals surface area contributed by atoms with Crippen LogP contribution in [0.1, 0.15) is 24.4 Å². The molecule has 0 amide bonds. The average Bonchev–Trinajstić information content (AvgIpc) is 3.11. The Morgan fingerprint density at radius 2 is 1.57 bits per heavy atom. The van der Waals surface area contributed by atoms with Crippen LogP contribution in [-0.4, -0.2) is 24.4 Å². The maximum atomic E-state index is 12.5. The van der Waals surface area contributed by atoms with Gasteiger partial charge in [-0.3, -0.25) is 0 Å². The molecule has 2 aromatic rings. The van der Waals surface area contributed by atoms with Crippen molar-refractivity contribution in [1.82, 2.24) is 4.31 Å². The number of rotatable bonds is 9. The minimum absolute atomic E-state index is 0.0706. The summed E-state index contributed by atoms with van der Waals surface area (Å²) in [6, 6.07) is 6.98. The quantitative estimate of drug-likeness (QED) is 0.523. The Morgan fingerprint density at radius 1 is 1.00 bits per heavy atom. The molecule has 0 atom stereocenters. The second-order valence-corrected chi connectivity index (χ2v) is 7.11. The minimum Gasteiger partial charge on any atom is -0.468 e. The Balaban J connectivity index is 2.10. The Labute approximate surface area is 129 Å². The number of furan rings is 2. The van der Waals surface area contributed by atoms with Crippen LogP contribution in [0.2, 0.25) is 0 Å². The molecule has 0 radical (unpaired) electrons. The largest absolute Gasteiger partial charge is 0.468 e. The topological polar surface area (TPSA) is 63.7 Å². The van der Waals surface area contributed by atoms with Gasteiger partial charge in [0.05, 0.1) is 31.4 Å². The number of halogens is 1. The molecule has 0 bridgehead atoms. The van der Waals surface area contributed by atoms with E-state index in [1.54, 1.807) is 24.3 Å². The lowest BCUT2D eigenvalue weighted by molar-refractivity contribution is 0.330. The van der Waals surface area contributed by atoms with Gasteiger partial charge in [-0.05, 0) is 37.1 Å². The number of hydrogen-bond acceptors (Lipinski definition) is 4. The monoisotopic (exact) mass is 331 g/mol. The van der Waals surface area contributed by atoms with Crippen LogP contribution in [0, 0.1) is 0 Å². The summed E-state index contributed by atoms with van der Waals surface area (Å²) in [7, 11) is -3.39. The van der Waals surface area contributed by atoms with Gasteiger partial charge in [0, 0.05) is 5.88 Å². The van der Waals surface area contributed by atoms with Crippen molar-refractivity contribution in [3.63, 3.8) is 0 Å². The lowest BCUT2D eigenvalue weighted by Gasteiger charge is -2.20. The van der Waals surface area contributed by atoms with E-state index < -0.39 is 10.0 Å². The predicted molar refractivity (Wildman–Crippen MR) is 80.4 cm³/mol. The van der Waals surface area contributed by atoms with Crippen LogP contribution in [0.5, 0.6) is 0 Å². The van der Waals surface area contributed by atoms with Gasteiger partial charge in [0.15, 0.2) is 0 Å². The van der Waals surface area contributed by atoms with Crippen molar-refractivity contribution in [1.29, 1.82) is 0 Å². The molecule has 0 unspecified atom stereocenters. The summed E-state index contributed by atoms with van der Waals surface area (Å²) in [4.78, 5) is 0. The zero-order valence-corrected chi connectivity index (χ0v) is 13.1. The van der Waals surface area contributed by atoms with Crippen molar-refractivity contribution in [3.05, 3.63) is 48.3 Å². The molecule has 0 aliphatic rings. The standard InChI is InChI=1S/C14H18ClNO4S/c15-7-1-2-10-21(17,18)16(11-13-5-3-8-19-13)12-14-6-4-9-20-14/h3-6,8-9H,1-2,7,10-12H2. The summed E-state index contributed by atoms with van der Waals surface area (Å²) in [5.74, 6) is 1.73. The van der Waals surface area contributed by atoms with Crippen molar-refractivity contribution in [2.24, 2.45) is 0 Å². The van der Waals surface area contributed by atoms with Gasteiger partial charge < -0.3 is 8.83 Å². The van der Waals surface area contributed by atoms with Crippen molar-refractivity contribution < 1.29 is 17.3 Å². The highest BCUT2D eigenvalue weighted by atomic mass is 35.5. The summed E-state index contributed by atoms with van der Waals surface area (Å²) in [5, 5.41) is 0. The molecule has 0 fully saturated rings. The molecule has 2 aromatic heterocycles. The SMILES string of the molecule is O=S(=O)(CCCCCl)N(Cc1ccco1)Cc1ccco1. The van der Waals surface area contributed by atoms with Crippen molar-refractivity contribution in [2.45, 2.75) is 25.9 Å². The molecule has 5 nitrogen and oxygen atoms in total. The second kappa shape index (κ2) is 7.68. The summed E-state index contributed by atoms with van der Waals surface area (Å²) < 4.78 is 36.8. The fraction of sp³-hybridized carbons (Fsp3) is 0.429. The molecule has 2 heterocycles. The van der Waals surface area contributed by atoms with Gasteiger partial charge >= 0.3 is 0 Å². The zero-order valence-electron chi connectivity index (χ0n) is 11.6. The molecule has 0 aromatic carbocycles. The fourth-order valence-corrected chi connectivity index (χ4v) is 3.58. The summed E-state index contributed by atoms with van der Waals surface area (Å²) in [5.41, 5.74) is 0. The predicted octanol–water partition coefficient (Wildman–Crippen LogP) is 3.22. The van der Waals surface area contributed by atoms with Crippen LogP contribution in [-0.2, 0) is 23.1 Å². The first-order chi connectivity index (χ1) is 10.1. The van der Waals surface area contributed by atoms with Crippen LogP contribution in [0.15, 0.2) is 45.6 Å². The molecule has 0 saturated carbocycles. The lowest BCUT2D eigenvalue weighted by Crippen LogP contribution is -2.32. The van der Waals surface area contributed by atoms with Gasteiger partial charge in [0.1, 0.15) is 11.5 Å². The average molecular weight is 332 g/mol. The lowest BCUT2D eigenvalue weighted by atomic mass is 10.4. The molecule has 7 heteroatoms. The first-order valence-electron chi connectivity index (χ1n) is 6.70. The molecule has 0 aliphatic carbocycles. The first kappa shape index (κ1) is 16.1. The number of unbranched alkanes of at least 4 members (excludes halogenated alkanes) is 1. The van der Waals surface area contributed by atoms with E-state index in [1.807, 2.05) is 0 Å². The van der Waals surface area contributed by atoms with Gasteiger partial charge in [-0.2, -0.15) is 4.31 Å². The van der Waals surface area contributed by atoms with E-state index in [0.717, 1.165) is 0 Å². The van der Waals surface area contributed by atoms with E-state index >= 15 is 0 Å². The van der Waals surface area contributed by atoms with Crippen LogP contribution in [0.4, 0.5) is 0 Å². The van der Waals surface area contributed by atoms with Crippen molar-refractivity contribution in [3.8, 4) is 0 Å². The summed E-state index contributed by atoms with van der Waals surface area (Å²) in [6.45, 7) is 0.383. The zero-order chi connectivity index (χ0) is 15.1. The number of alkyl halides is 1. The highest BCUT2D eigenvalue weighted by Crippen LogP contribution is 2.16. The van der Waals surface area contributed by atoms with E-state index in [1.165, 1.54) is 16.8 Å². The molecular formula is C14H18ClNO4S. The van der Waals surface area contributed by atoms with E-state index in [4.69, 9.17) is 20.4 Å². The maximum absolute atomic E-state index is 12.5. The minimum atomic E-state index is -3.39. The van der Waals surface area contributed by atoms with Crippen LogP contribution in [0.3, 0.4) is 0 Å². The molecule has 0 spiro atoms. The second-order valence-electron chi connectivity index (χ2n) is 4.64. The van der Waals surface area contributed by atoms with E-state index in [2.05, 4.69) is 0 Å². The third-order valence-electron chi connectivity index (χ3n) is 3.00. The fourth-order valence-electron chi connectivity index (χ4n) is 1.91. The first-order valence-corrected chi connectivity index (χ1v) is 8.85. The van der Waals surface area contributed by atoms with Gasteiger partial charge in [-0.15, -0.1) is 11.6 Å². The highest BCUT2D eigenvalue weighted by molar-refractivity contribution is 7.89. The molecular weight excluding hydrogens is 314 g/mol. The van der Waals surface area contributed by atoms with Crippen LogP contribution < -0.4 is 0 Å². The normalized spacial score (nSPS) is 12.1. The molecule has 0 N–H and O–H groups in total. The molecule has 0 aliphatic heterocycles. The number of hydrogen-bond donors (Lipinski definition) is 0. The number of nitrogens with zero attached hydrogens (tertiary/aromatic N) is 1. The van der Waals surface area contributed by atoms with Crippen molar-refractivity contribution >= 4 is 21.6 Å². The van der Waals surface area contributed by atoms with Gasteiger partial charge in [-0.25, -0.2) is 8.42 Å².